The van der Waals surface area contributed by atoms with Crippen LogP contribution in [0.4, 0.5) is 0 Å². The average molecular weight is 255 g/mol. The van der Waals surface area contributed by atoms with Crippen LogP contribution >= 0.6 is 0 Å². The third-order valence-corrected chi connectivity index (χ3v) is 3.76. The van der Waals surface area contributed by atoms with E-state index in [1.807, 2.05) is 6.08 Å². The monoisotopic (exact) mass is 255 g/mol. The molecule has 1 unspecified atom stereocenters. The summed E-state index contributed by atoms with van der Waals surface area (Å²) in [5.74, 6) is 0. The molecule has 0 aromatic heterocycles. The van der Waals surface area contributed by atoms with E-state index in [1.165, 1.54) is 6.42 Å². The van der Waals surface area contributed by atoms with E-state index in [0.717, 1.165) is 52.0 Å². The van der Waals surface area contributed by atoms with E-state index in [-0.39, 0.29) is 5.60 Å². The van der Waals surface area contributed by atoms with Crippen molar-refractivity contribution in [2.45, 2.75) is 57.6 Å². The third-order valence-electron chi connectivity index (χ3n) is 3.76. The van der Waals surface area contributed by atoms with Gasteiger partial charge in [0.25, 0.3) is 0 Å². The van der Waals surface area contributed by atoms with Crippen LogP contribution in [0.5, 0.6) is 0 Å². The first kappa shape index (κ1) is 15.7. The number of nitrogens with one attached hydrogen (secondary N) is 1. The Bertz CT molecular complexity index is 219. The molecule has 0 amide bonds. The van der Waals surface area contributed by atoms with Crippen molar-refractivity contribution in [2.75, 3.05) is 26.4 Å². The topological polar surface area (TPSA) is 30.5 Å². The Morgan fingerprint density at radius 3 is 2.67 bits per heavy atom. The van der Waals surface area contributed by atoms with E-state index in [9.17, 15) is 0 Å². The van der Waals surface area contributed by atoms with Gasteiger partial charge < -0.3 is 14.8 Å². The second kappa shape index (κ2) is 8.68. The average Bonchev–Trinajstić information content (AvgIpc) is 2.39. The van der Waals surface area contributed by atoms with Crippen LogP contribution in [-0.2, 0) is 9.47 Å². The summed E-state index contributed by atoms with van der Waals surface area (Å²) in [4.78, 5) is 0. The molecule has 0 aromatic rings. The molecule has 0 aliphatic carbocycles. The van der Waals surface area contributed by atoms with E-state index in [1.54, 1.807) is 0 Å². The summed E-state index contributed by atoms with van der Waals surface area (Å²) in [6, 6.07) is 0.436. The van der Waals surface area contributed by atoms with Crippen molar-refractivity contribution < 1.29 is 9.47 Å². The molecule has 0 saturated carbocycles. The van der Waals surface area contributed by atoms with Crippen LogP contribution in [-0.4, -0.2) is 38.0 Å². The van der Waals surface area contributed by atoms with Gasteiger partial charge in [0.2, 0.25) is 0 Å². The summed E-state index contributed by atoms with van der Waals surface area (Å²) < 4.78 is 11.6. The van der Waals surface area contributed by atoms with Crippen LogP contribution in [0, 0.1) is 0 Å². The van der Waals surface area contributed by atoms with Gasteiger partial charge in [-0.15, -0.1) is 6.58 Å². The highest BCUT2D eigenvalue weighted by Crippen LogP contribution is 2.31. The van der Waals surface area contributed by atoms with Crippen molar-refractivity contribution in [2.24, 2.45) is 0 Å². The normalized spacial score (nSPS) is 20.6. The van der Waals surface area contributed by atoms with Crippen LogP contribution in [0.1, 0.15) is 46.0 Å². The van der Waals surface area contributed by atoms with E-state index in [4.69, 9.17) is 9.47 Å². The molecule has 1 N–H and O–H groups in total. The Balaban J connectivity index is 2.65. The second-order valence-corrected chi connectivity index (χ2v) is 4.94. The Labute approximate surface area is 112 Å². The zero-order valence-corrected chi connectivity index (χ0v) is 12.0. The highest BCUT2D eigenvalue weighted by molar-refractivity contribution is 4.95. The number of ether oxygens (including phenoxy) is 2. The van der Waals surface area contributed by atoms with Gasteiger partial charge in [0, 0.05) is 38.7 Å². The fourth-order valence-electron chi connectivity index (χ4n) is 2.86. The first-order valence-corrected chi connectivity index (χ1v) is 7.35. The molecule has 3 heteroatoms. The van der Waals surface area contributed by atoms with Gasteiger partial charge in [0.1, 0.15) is 0 Å². The number of hydrogen-bond acceptors (Lipinski definition) is 3. The standard InChI is InChI=1S/C15H29NO2/c1-4-7-8-9-14(16-5-2)15(18-6-3)10-12-17-13-11-15/h4,14,16H,1,5-13H2,2-3H3. The summed E-state index contributed by atoms with van der Waals surface area (Å²) in [5.41, 5.74) is -0.0236. The van der Waals surface area contributed by atoms with Crippen LogP contribution in [0.3, 0.4) is 0 Å². The lowest BCUT2D eigenvalue weighted by Gasteiger charge is -2.43. The van der Waals surface area contributed by atoms with Crippen molar-refractivity contribution in [3.05, 3.63) is 12.7 Å². The molecule has 0 aromatic carbocycles. The molecule has 0 bridgehead atoms. The van der Waals surface area contributed by atoms with Gasteiger partial charge in [-0.25, -0.2) is 0 Å². The van der Waals surface area contributed by atoms with E-state index < -0.39 is 0 Å². The minimum Gasteiger partial charge on any atom is -0.381 e. The number of rotatable bonds is 9. The largest absolute Gasteiger partial charge is 0.381 e. The van der Waals surface area contributed by atoms with Gasteiger partial charge in [-0.05, 0) is 32.7 Å². The van der Waals surface area contributed by atoms with E-state index >= 15 is 0 Å². The van der Waals surface area contributed by atoms with Gasteiger partial charge in [0.15, 0.2) is 0 Å². The lowest BCUT2D eigenvalue weighted by molar-refractivity contribution is -0.127. The SMILES string of the molecule is C=CCCCC(NCC)C1(OCC)CCOCC1. The van der Waals surface area contributed by atoms with Crippen molar-refractivity contribution >= 4 is 0 Å². The van der Waals surface area contributed by atoms with E-state index in [0.29, 0.717) is 6.04 Å². The fraction of sp³-hybridized carbons (Fsp3) is 0.867. The predicted molar refractivity (Wildman–Crippen MR) is 75.9 cm³/mol. The molecular weight excluding hydrogens is 226 g/mol. The molecule has 1 fully saturated rings. The second-order valence-electron chi connectivity index (χ2n) is 4.94. The molecule has 1 aliphatic heterocycles. The summed E-state index contributed by atoms with van der Waals surface area (Å²) in [7, 11) is 0. The Hall–Kier alpha value is -0.380. The molecule has 1 rings (SSSR count). The molecule has 106 valence electrons. The lowest BCUT2D eigenvalue weighted by atomic mass is 9.83. The number of unbranched alkanes of at least 4 members (excludes halogenated alkanes) is 1. The van der Waals surface area contributed by atoms with Crippen molar-refractivity contribution in [3.8, 4) is 0 Å². The van der Waals surface area contributed by atoms with Crippen LogP contribution in [0.25, 0.3) is 0 Å². The highest BCUT2D eigenvalue weighted by atomic mass is 16.5. The quantitative estimate of drug-likeness (QED) is 0.507. The molecule has 0 spiro atoms. The number of allylic oxidation sites excluding steroid dienone is 1. The summed E-state index contributed by atoms with van der Waals surface area (Å²) in [5, 5.41) is 3.62. The van der Waals surface area contributed by atoms with Gasteiger partial charge in [-0.2, -0.15) is 0 Å². The van der Waals surface area contributed by atoms with Gasteiger partial charge in [-0.1, -0.05) is 13.0 Å². The molecule has 3 nitrogen and oxygen atoms in total. The summed E-state index contributed by atoms with van der Waals surface area (Å²) in [6.07, 6.45) is 7.43. The molecule has 1 atom stereocenters. The summed E-state index contributed by atoms with van der Waals surface area (Å²) >= 11 is 0. The minimum atomic E-state index is -0.0236. The molecular formula is C15H29NO2. The Morgan fingerprint density at radius 2 is 2.11 bits per heavy atom. The molecule has 0 radical (unpaired) electrons. The molecule has 1 heterocycles. The number of likely N-dealkylation sites (N-methyl/N-ethyl adjacent to an activating group) is 1. The predicted octanol–water partition coefficient (Wildman–Crippen LogP) is 2.91. The van der Waals surface area contributed by atoms with Crippen molar-refractivity contribution in [1.82, 2.24) is 5.32 Å². The lowest BCUT2D eigenvalue weighted by Crippen LogP contribution is -2.55. The smallest absolute Gasteiger partial charge is 0.0878 e. The van der Waals surface area contributed by atoms with Crippen LogP contribution in [0.15, 0.2) is 12.7 Å². The zero-order valence-electron chi connectivity index (χ0n) is 12.0. The first-order valence-electron chi connectivity index (χ1n) is 7.35. The first-order chi connectivity index (χ1) is 8.79. The third kappa shape index (κ3) is 4.38. The van der Waals surface area contributed by atoms with Gasteiger partial charge >= 0.3 is 0 Å². The van der Waals surface area contributed by atoms with Crippen LogP contribution < -0.4 is 5.32 Å². The van der Waals surface area contributed by atoms with Crippen LogP contribution in [0.2, 0.25) is 0 Å². The fourth-order valence-corrected chi connectivity index (χ4v) is 2.86. The summed E-state index contributed by atoms with van der Waals surface area (Å²) in [6.45, 7) is 11.5. The maximum atomic E-state index is 6.15. The Morgan fingerprint density at radius 1 is 1.39 bits per heavy atom. The molecule has 1 aliphatic rings. The number of hydrogen-bond donors (Lipinski definition) is 1. The van der Waals surface area contributed by atoms with E-state index in [2.05, 4.69) is 25.7 Å². The Kier molecular flexibility index (Phi) is 7.56. The minimum absolute atomic E-state index is 0.0236. The van der Waals surface area contributed by atoms with Crippen molar-refractivity contribution in [3.63, 3.8) is 0 Å². The molecule has 18 heavy (non-hydrogen) atoms. The maximum Gasteiger partial charge on any atom is 0.0878 e. The highest BCUT2D eigenvalue weighted by Gasteiger charge is 2.40. The maximum absolute atomic E-state index is 6.15. The zero-order chi connectivity index (χ0) is 13.3. The van der Waals surface area contributed by atoms with Gasteiger partial charge in [-0.3, -0.25) is 0 Å². The van der Waals surface area contributed by atoms with Gasteiger partial charge in [0.05, 0.1) is 5.60 Å². The molecule has 1 saturated heterocycles. The van der Waals surface area contributed by atoms with Crippen molar-refractivity contribution in [1.29, 1.82) is 0 Å².